The molecule has 3 heterocycles. The second-order valence-electron chi connectivity index (χ2n) is 6.08. The summed E-state index contributed by atoms with van der Waals surface area (Å²) >= 11 is 3.55. The van der Waals surface area contributed by atoms with Crippen LogP contribution in [0.25, 0.3) is 11.0 Å². The first-order valence-electron chi connectivity index (χ1n) is 7.27. The highest BCUT2D eigenvalue weighted by Gasteiger charge is 2.30. The Bertz CT molecular complexity index is 652. The summed E-state index contributed by atoms with van der Waals surface area (Å²) in [5.41, 5.74) is 0.869. The van der Waals surface area contributed by atoms with Crippen LogP contribution in [0.15, 0.2) is 10.9 Å². The lowest BCUT2D eigenvalue weighted by atomic mass is 9.99. The minimum Gasteiger partial charge on any atom is -0.350 e. The van der Waals surface area contributed by atoms with Gasteiger partial charge < -0.3 is 9.80 Å². The average molecular weight is 353 g/mol. The number of halogens is 1. The van der Waals surface area contributed by atoms with Crippen molar-refractivity contribution in [3.63, 3.8) is 0 Å². The number of anilines is 1. The quantitative estimate of drug-likeness (QED) is 0.826. The van der Waals surface area contributed by atoms with E-state index in [1.165, 1.54) is 0 Å². The lowest BCUT2D eigenvalue weighted by molar-refractivity contribution is 0.236. The van der Waals surface area contributed by atoms with Crippen LogP contribution in [0.4, 0.5) is 5.82 Å². The SMILES string of the molecule is CC(C)C1CN(C)CCN1c1ncnc2c1c(Br)nn2C. The van der Waals surface area contributed by atoms with Gasteiger partial charge in [-0.05, 0) is 28.9 Å². The highest BCUT2D eigenvalue weighted by atomic mass is 79.9. The molecule has 1 unspecified atom stereocenters. The molecule has 114 valence electrons. The first-order chi connectivity index (χ1) is 9.99. The molecule has 0 aromatic carbocycles. The van der Waals surface area contributed by atoms with Gasteiger partial charge in [0, 0.05) is 32.7 Å². The highest BCUT2D eigenvalue weighted by molar-refractivity contribution is 9.10. The summed E-state index contributed by atoms with van der Waals surface area (Å²) in [7, 11) is 4.09. The summed E-state index contributed by atoms with van der Waals surface area (Å²) in [6.45, 7) is 7.63. The number of hydrogen-bond acceptors (Lipinski definition) is 5. The Balaban J connectivity index is 2.10. The minimum atomic E-state index is 0.453. The number of nitrogens with zero attached hydrogens (tertiary/aromatic N) is 6. The van der Waals surface area contributed by atoms with Crippen molar-refractivity contribution in [1.82, 2.24) is 24.6 Å². The summed E-state index contributed by atoms with van der Waals surface area (Å²) in [6.07, 6.45) is 1.64. The van der Waals surface area contributed by atoms with Crippen molar-refractivity contribution in [2.45, 2.75) is 19.9 Å². The van der Waals surface area contributed by atoms with Gasteiger partial charge in [0.05, 0.1) is 5.39 Å². The van der Waals surface area contributed by atoms with E-state index in [4.69, 9.17) is 0 Å². The third-order valence-corrected chi connectivity index (χ3v) is 4.78. The van der Waals surface area contributed by atoms with Crippen molar-refractivity contribution in [3.8, 4) is 0 Å². The summed E-state index contributed by atoms with van der Waals surface area (Å²) in [6, 6.07) is 0.453. The van der Waals surface area contributed by atoms with Gasteiger partial charge in [0.2, 0.25) is 0 Å². The van der Waals surface area contributed by atoms with E-state index in [1.807, 2.05) is 7.05 Å². The van der Waals surface area contributed by atoms with Gasteiger partial charge in [-0.2, -0.15) is 5.10 Å². The zero-order valence-electron chi connectivity index (χ0n) is 12.9. The second-order valence-corrected chi connectivity index (χ2v) is 6.83. The van der Waals surface area contributed by atoms with Gasteiger partial charge in [-0.15, -0.1) is 0 Å². The molecule has 2 aromatic rings. The number of fused-ring (bicyclic) bond motifs is 1. The molecule has 1 aliphatic heterocycles. The molecule has 0 amide bonds. The van der Waals surface area contributed by atoms with Crippen molar-refractivity contribution in [2.75, 3.05) is 31.6 Å². The normalized spacial score (nSPS) is 20.7. The topological polar surface area (TPSA) is 50.1 Å². The molecule has 3 rings (SSSR count). The van der Waals surface area contributed by atoms with E-state index >= 15 is 0 Å². The highest BCUT2D eigenvalue weighted by Crippen LogP contribution is 2.32. The maximum atomic E-state index is 4.58. The molecule has 1 fully saturated rings. The van der Waals surface area contributed by atoms with Gasteiger partial charge in [-0.25, -0.2) is 14.6 Å². The van der Waals surface area contributed by atoms with Crippen LogP contribution in [-0.2, 0) is 7.05 Å². The number of rotatable bonds is 2. The first kappa shape index (κ1) is 14.7. The Morgan fingerprint density at radius 1 is 1.24 bits per heavy atom. The van der Waals surface area contributed by atoms with E-state index in [-0.39, 0.29) is 0 Å². The molecule has 1 aliphatic rings. The molecular formula is C14H21BrN6. The summed E-state index contributed by atoms with van der Waals surface area (Å²) in [5, 5.41) is 5.43. The Labute approximate surface area is 133 Å². The van der Waals surface area contributed by atoms with Crippen molar-refractivity contribution in [3.05, 3.63) is 10.9 Å². The standard InChI is InChI=1S/C14H21BrN6/c1-9(2)10-7-19(3)5-6-21(10)14-11-12(15)18-20(4)13(11)16-8-17-14/h8-10H,5-7H2,1-4H3. The summed E-state index contributed by atoms with van der Waals surface area (Å²) in [5.74, 6) is 1.56. The molecule has 7 heteroatoms. The van der Waals surface area contributed by atoms with E-state index in [1.54, 1.807) is 11.0 Å². The Hall–Kier alpha value is -1.21. The van der Waals surface area contributed by atoms with E-state index < -0.39 is 0 Å². The molecular weight excluding hydrogens is 332 g/mol. The molecule has 2 aromatic heterocycles. The smallest absolute Gasteiger partial charge is 0.164 e. The molecule has 6 nitrogen and oxygen atoms in total. The van der Waals surface area contributed by atoms with Crippen LogP contribution in [0, 0.1) is 5.92 Å². The van der Waals surface area contributed by atoms with Crippen molar-refractivity contribution in [1.29, 1.82) is 0 Å². The Morgan fingerprint density at radius 3 is 2.71 bits per heavy atom. The number of aromatic nitrogens is 4. The molecule has 0 saturated carbocycles. The Kier molecular flexibility index (Phi) is 3.88. The van der Waals surface area contributed by atoms with E-state index in [0.29, 0.717) is 12.0 Å². The van der Waals surface area contributed by atoms with Crippen LogP contribution >= 0.6 is 15.9 Å². The number of likely N-dealkylation sites (N-methyl/N-ethyl adjacent to an activating group) is 1. The number of aryl methyl sites for hydroxylation is 1. The molecule has 0 spiro atoms. The van der Waals surface area contributed by atoms with Crippen LogP contribution in [0.1, 0.15) is 13.8 Å². The van der Waals surface area contributed by atoms with Crippen LogP contribution in [0.3, 0.4) is 0 Å². The zero-order valence-corrected chi connectivity index (χ0v) is 14.5. The predicted molar refractivity (Wildman–Crippen MR) is 87.5 cm³/mol. The number of hydrogen-bond donors (Lipinski definition) is 0. The Morgan fingerprint density at radius 2 is 2.00 bits per heavy atom. The van der Waals surface area contributed by atoms with Gasteiger partial charge in [0.1, 0.15) is 16.7 Å². The molecule has 0 radical (unpaired) electrons. The fourth-order valence-corrected chi connectivity index (χ4v) is 3.62. The molecule has 0 aliphatic carbocycles. The average Bonchev–Trinajstić information content (AvgIpc) is 2.74. The fourth-order valence-electron chi connectivity index (χ4n) is 3.03. The molecule has 1 saturated heterocycles. The lowest BCUT2D eigenvalue weighted by Crippen LogP contribution is -2.54. The van der Waals surface area contributed by atoms with Gasteiger partial charge in [-0.1, -0.05) is 13.8 Å². The minimum absolute atomic E-state index is 0.453. The largest absolute Gasteiger partial charge is 0.350 e. The van der Waals surface area contributed by atoms with Crippen LogP contribution in [0.2, 0.25) is 0 Å². The maximum Gasteiger partial charge on any atom is 0.164 e. The zero-order chi connectivity index (χ0) is 15.1. The monoisotopic (exact) mass is 352 g/mol. The lowest BCUT2D eigenvalue weighted by Gasteiger charge is -2.43. The van der Waals surface area contributed by atoms with Gasteiger partial charge in [-0.3, -0.25) is 0 Å². The van der Waals surface area contributed by atoms with Crippen molar-refractivity contribution >= 4 is 32.8 Å². The predicted octanol–water partition coefficient (Wildman–Crippen LogP) is 1.90. The first-order valence-corrected chi connectivity index (χ1v) is 8.06. The molecule has 0 N–H and O–H groups in total. The van der Waals surface area contributed by atoms with Gasteiger partial charge in [0.15, 0.2) is 5.65 Å². The van der Waals surface area contributed by atoms with Crippen molar-refractivity contribution in [2.24, 2.45) is 13.0 Å². The third kappa shape index (κ3) is 2.53. The van der Waals surface area contributed by atoms with Crippen LogP contribution in [-0.4, -0.2) is 57.4 Å². The second kappa shape index (κ2) is 5.53. The van der Waals surface area contributed by atoms with Gasteiger partial charge in [0.25, 0.3) is 0 Å². The summed E-state index contributed by atoms with van der Waals surface area (Å²) < 4.78 is 2.61. The molecule has 1 atom stereocenters. The van der Waals surface area contributed by atoms with Crippen LogP contribution in [0.5, 0.6) is 0 Å². The molecule has 0 bridgehead atoms. The maximum absolute atomic E-state index is 4.58. The molecule has 21 heavy (non-hydrogen) atoms. The number of piperazine rings is 1. The summed E-state index contributed by atoms with van der Waals surface area (Å²) in [4.78, 5) is 13.7. The van der Waals surface area contributed by atoms with E-state index in [9.17, 15) is 0 Å². The fraction of sp³-hybridized carbons (Fsp3) is 0.643. The third-order valence-electron chi connectivity index (χ3n) is 4.22. The van der Waals surface area contributed by atoms with Crippen molar-refractivity contribution < 1.29 is 0 Å². The van der Waals surface area contributed by atoms with E-state index in [2.05, 4.69) is 61.7 Å². The van der Waals surface area contributed by atoms with E-state index in [0.717, 1.165) is 41.1 Å². The van der Waals surface area contributed by atoms with Crippen LogP contribution < -0.4 is 4.90 Å². The van der Waals surface area contributed by atoms with Gasteiger partial charge >= 0.3 is 0 Å².